The van der Waals surface area contributed by atoms with Gasteiger partial charge in [0, 0.05) is 30.6 Å². The van der Waals surface area contributed by atoms with Crippen LogP contribution in [0.1, 0.15) is 12.5 Å². The zero-order valence-corrected chi connectivity index (χ0v) is 8.58. The summed E-state index contributed by atoms with van der Waals surface area (Å²) in [5.41, 5.74) is 3.48. The summed E-state index contributed by atoms with van der Waals surface area (Å²) in [6.07, 6.45) is 2.99. The van der Waals surface area contributed by atoms with Gasteiger partial charge in [-0.15, -0.1) is 0 Å². The van der Waals surface area contributed by atoms with Crippen molar-refractivity contribution < 1.29 is 4.79 Å². The quantitative estimate of drug-likeness (QED) is 0.694. The van der Waals surface area contributed by atoms with Gasteiger partial charge < -0.3 is 9.88 Å². The Hall–Kier alpha value is -1.77. The minimum atomic E-state index is 0.120. The van der Waals surface area contributed by atoms with Crippen LogP contribution in [0.3, 0.4) is 0 Å². The predicted molar refractivity (Wildman–Crippen MR) is 60.0 cm³/mol. The molecule has 0 aliphatic carbocycles. The molecule has 0 unspecified atom stereocenters. The first-order chi connectivity index (χ1) is 7.27. The summed E-state index contributed by atoms with van der Waals surface area (Å²) in [5, 5.41) is 1.21. The van der Waals surface area contributed by atoms with Gasteiger partial charge in [-0.25, -0.2) is 0 Å². The van der Waals surface area contributed by atoms with Gasteiger partial charge in [-0.05, 0) is 24.1 Å². The number of anilines is 1. The second-order valence-electron chi connectivity index (χ2n) is 3.93. The molecule has 2 aromatic rings. The van der Waals surface area contributed by atoms with Crippen molar-refractivity contribution in [2.75, 3.05) is 11.4 Å². The number of rotatable bonds is 0. The van der Waals surface area contributed by atoms with Crippen LogP contribution in [-0.4, -0.2) is 17.4 Å². The Labute approximate surface area is 87.7 Å². The van der Waals surface area contributed by atoms with Crippen molar-refractivity contribution in [3.63, 3.8) is 0 Å². The molecule has 0 saturated carbocycles. The molecule has 1 amide bonds. The molecule has 1 aliphatic rings. The highest BCUT2D eigenvalue weighted by Crippen LogP contribution is 2.33. The first-order valence-corrected chi connectivity index (χ1v) is 5.14. The number of benzene rings is 1. The summed E-state index contributed by atoms with van der Waals surface area (Å²) in [6.45, 7) is 2.41. The fourth-order valence-corrected chi connectivity index (χ4v) is 2.34. The van der Waals surface area contributed by atoms with Gasteiger partial charge >= 0.3 is 0 Å². The summed E-state index contributed by atoms with van der Waals surface area (Å²) < 4.78 is 0. The van der Waals surface area contributed by atoms with Crippen LogP contribution in [0.5, 0.6) is 0 Å². The first-order valence-electron chi connectivity index (χ1n) is 5.14. The fourth-order valence-electron chi connectivity index (χ4n) is 2.34. The number of carbonyl (C=O) groups is 1. The van der Waals surface area contributed by atoms with Gasteiger partial charge in [0.05, 0.1) is 5.69 Å². The van der Waals surface area contributed by atoms with E-state index in [1.165, 1.54) is 10.9 Å². The van der Waals surface area contributed by atoms with E-state index in [4.69, 9.17) is 0 Å². The van der Waals surface area contributed by atoms with Crippen LogP contribution in [0.15, 0.2) is 24.4 Å². The Bertz CT molecular complexity index is 542. The highest BCUT2D eigenvalue weighted by atomic mass is 16.2. The minimum Gasteiger partial charge on any atom is -0.361 e. The molecule has 0 bridgehead atoms. The van der Waals surface area contributed by atoms with Crippen molar-refractivity contribution in [2.24, 2.45) is 0 Å². The van der Waals surface area contributed by atoms with E-state index in [1.54, 1.807) is 6.92 Å². The van der Waals surface area contributed by atoms with Crippen LogP contribution < -0.4 is 4.90 Å². The molecule has 1 aliphatic heterocycles. The van der Waals surface area contributed by atoms with E-state index >= 15 is 0 Å². The summed E-state index contributed by atoms with van der Waals surface area (Å²) in [6, 6.07) is 6.05. The Kier molecular flexibility index (Phi) is 1.63. The number of carbonyl (C=O) groups excluding carboxylic acids is 1. The van der Waals surface area contributed by atoms with Crippen LogP contribution in [-0.2, 0) is 11.2 Å². The van der Waals surface area contributed by atoms with E-state index in [0.717, 1.165) is 24.2 Å². The van der Waals surface area contributed by atoms with Crippen molar-refractivity contribution in [3.8, 4) is 0 Å². The average molecular weight is 200 g/mol. The van der Waals surface area contributed by atoms with Gasteiger partial charge in [0.15, 0.2) is 0 Å². The molecule has 15 heavy (non-hydrogen) atoms. The van der Waals surface area contributed by atoms with E-state index < -0.39 is 0 Å². The van der Waals surface area contributed by atoms with Crippen LogP contribution in [0, 0.1) is 0 Å². The summed E-state index contributed by atoms with van der Waals surface area (Å²) >= 11 is 0. The van der Waals surface area contributed by atoms with Crippen LogP contribution >= 0.6 is 0 Å². The summed E-state index contributed by atoms with van der Waals surface area (Å²) in [4.78, 5) is 16.6. The number of aromatic amines is 1. The third-order valence-electron chi connectivity index (χ3n) is 3.04. The maximum Gasteiger partial charge on any atom is 0.223 e. The molecule has 0 saturated heterocycles. The standard InChI is InChI=1S/C12H12N2O/c1-8(15)14-6-5-9-7-13-10-3-2-4-11(14)12(9)10/h2-4,7,13H,5-6H2,1H3. The number of nitrogens with one attached hydrogen (secondary N) is 1. The number of hydrogen-bond acceptors (Lipinski definition) is 1. The SMILES string of the molecule is CC(=O)N1CCc2c[nH]c3cccc1c23. The third kappa shape index (κ3) is 1.09. The topological polar surface area (TPSA) is 36.1 Å². The third-order valence-corrected chi connectivity index (χ3v) is 3.04. The lowest BCUT2D eigenvalue weighted by Crippen LogP contribution is -2.32. The van der Waals surface area contributed by atoms with Crippen LogP contribution in [0.4, 0.5) is 5.69 Å². The Morgan fingerprint density at radius 1 is 1.47 bits per heavy atom. The van der Waals surface area contributed by atoms with E-state index in [2.05, 4.69) is 4.98 Å². The number of nitrogens with zero attached hydrogens (tertiary/aromatic N) is 1. The predicted octanol–water partition coefficient (Wildman–Crippen LogP) is 2.08. The highest BCUT2D eigenvalue weighted by Gasteiger charge is 2.21. The van der Waals surface area contributed by atoms with Crippen molar-refractivity contribution in [2.45, 2.75) is 13.3 Å². The normalized spacial score (nSPS) is 14.6. The maximum absolute atomic E-state index is 11.5. The van der Waals surface area contributed by atoms with Crippen molar-refractivity contribution in [1.82, 2.24) is 4.98 Å². The Morgan fingerprint density at radius 3 is 3.13 bits per heavy atom. The zero-order valence-electron chi connectivity index (χ0n) is 8.58. The smallest absolute Gasteiger partial charge is 0.223 e. The number of H-pyrrole nitrogens is 1. The highest BCUT2D eigenvalue weighted by molar-refractivity contribution is 6.04. The van der Waals surface area contributed by atoms with Crippen LogP contribution in [0.25, 0.3) is 10.9 Å². The Morgan fingerprint density at radius 2 is 2.33 bits per heavy atom. The molecule has 1 aromatic heterocycles. The maximum atomic E-state index is 11.5. The van der Waals surface area contributed by atoms with Gasteiger partial charge in [-0.2, -0.15) is 0 Å². The largest absolute Gasteiger partial charge is 0.361 e. The molecule has 0 fully saturated rings. The van der Waals surface area contributed by atoms with E-state index in [9.17, 15) is 4.79 Å². The van der Waals surface area contributed by atoms with Gasteiger partial charge in [0.2, 0.25) is 5.91 Å². The summed E-state index contributed by atoms with van der Waals surface area (Å²) in [5.74, 6) is 0.120. The minimum absolute atomic E-state index is 0.120. The first kappa shape index (κ1) is 8.53. The molecule has 0 atom stereocenters. The zero-order chi connectivity index (χ0) is 10.4. The molecule has 3 nitrogen and oxygen atoms in total. The van der Waals surface area contributed by atoms with E-state index in [1.807, 2.05) is 29.3 Å². The lowest BCUT2D eigenvalue weighted by atomic mass is 10.0. The number of aromatic nitrogens is 1. The van der Waals surface area contributed by atoms with Crippen LogP contribution in [0.2, 0.25) is 0 Å². The van der Waals surface area contributed by atoms with Crippen molar-refractivity contribution >= 4 is 22.5 Å². The van der Waals surface area contributed by atoms with Gasteiger partial charge in [0.1, 0.15) is 0 Å². The molecular formula is C12H12N2O. The van der Waals surface area contributed by atoms with Crippen molar-refractivity contribution in [1.29, 1.82) is 0 Å². The second-order valence-corrected chi connectivity index (χ2v) is 3.93. The molecule has 76 valence electrons. The average Bonchev–Trinajstić information content (AvgIpc) is 2.64. The molecule has 0 radical (unpaired) electrons. The number of amides is 1. The van der Waals surface area contributed by atoms with Gasteiger partial charge in [-0.1, -0.05) is 6.07 Å². The Balaban J connectivity index is 2.33. The molecular weight excluding hydrogens is 188 g/mol. The molecule has 3 heteroatoms. The lowest BCUT2D eigenvalue weighted by molar-refractivity contribution is -0.116. The number of hydrogen-bond donors (Lipinski definition) is 1. The molecule has 1 N–H and O–H groups in total. The second kappa shape index (κ2) is 2.86. The monoisotopic (exact) mass is 200 g/mol. The molecule has 1 aromatic carbocycles. The van der Waals surface area contributed by atoms with Gasteiger partial charge in [-0.3, -0.25) is 4.79 Å². The molecule has 3 rings (SSSR count). The molecule has 0 spiro atoms. The van der Waals surface area contributed by atoms with E-state index in [0.29, 0.717) is 0 Å². The lowest BCUT2D eigenvalue weighted by Gasteiger charge is -2.26. The molecule has 2 heterocycles. The summed E-state index contributed by atoms with van der Waals surface area (Å²) in [7, 11) is 0. The fraction of sp³-hybridized carbons (Fsp3) is 0.250. The van der Waals surface area contributed by atoms with E-state index in [-0.39, 0.29) is 5.91 Å². The van der Waals surface area contributed by atoms with Gasteiger partial charge in [0.25, 0.3) is 0 Å². The van der Waals surface area contributed by atoms with Crippen molar-refractivity contribution in [3.05, 3.63) is 30.0 Å².